The summed E-state index contributed by atoms with van der Waals surface area (Å²) in [6.45, 7) is 4.32. The zero-order chi connectivity index (χ0) is 17.2. The quantitative estimate of drug-likeness (QED) is 0.272. The first-order valence-corrected chi connectivity index (χ1v) is 7.73. The smallest absolute Gasteiger partial charge is 0.221 e. The van der Waals surface area contributed by atoms with Crippen LogP contribution in [0.4, 0.5) is 0 Å². The van der Waals surface area contributed by atoms with E-state index >= 15 is 0 Å². The Balaban J connectivity index is 3.05. The molecular weight excluding hydrogens is 306 g/mol. The highest BCUT2D eigenvalue weighted by molar-refractivity contribution is 5.75. The van der Waals surface area contributed by atoms with Gasteiger partial charge >= 0.3 is 0 Å². The number of rotatable bonds is 17. The van der Waals surface area contributed by atoms with Crippen LogP contribution in [0.5, 0.6) is 0 Å². The maximum Gasteiger partial charge on any atom is 0.221 e. The number of carbonyl (C=O) groups excluding carboxylic acids is 2. The third kappa shape index (κ3) is 18.7. The van der Waals surface area contributed by atoms with E-state index in [2.05, 4.69) is 5.32 Å². The third-order valence-corrected chi connectivity index (χ3v) is 2.55. The molecule has 0 spiro atoms. The predicted molar refractivity (Wildman–Crippen MR) is 83.8 cm³/mol. The highest BCUT2D eigenvalue weighted by Crippen LogP contribution is 1.84. The molecule has 0 rings (SSSR count). The van der Waals surface area contributed by atoms with E-state index in [-0.39, 0.29) is 18.2 Å². The number of nitrogens with two attached hydrogens (primary N) is 2. The SMILES string of the molecule is NCCC(=O)NCCOCCOCCOCCOCCC(N)=O. The molecule has 0 aromatic rings. The van der Waals surface area contributed by atoms with Crippen LogP contribution in [-0.4, -0.2) is 77.8 Å². The first-order chi connectivity index (χ1) is 11.2. The van der Waals surface area contributed by atoms with E-state index in [0.29, 0.717) is 72.4 Å². The lowest BCUT2D eigenvalue weighted by Gasteiger charge is -2.08. The minimum absolute atomic E-state index is 0.0666. The fraction of sp³-hybridized carbons (Fsp3) is 0.857. The molecule has 136 valence electrons. The van der Waals surface area contributed by atoms with E-state index in [9.17, 15) is 9.59 Å². The summed E-state index contributed by atoms with van der Waals surface area (Å²) in [7, 11) is 0. The van der Waals surface area contributed by atoms with Crippen molar-refractivity contribution in [2.75, 3.05) is 65.9 Å². The first kappa shape index (κ1) is 21.7. The summed E-state index contributed by atoms with van der Waals surface area (Å²) < 4.78 is 21.0. The first-order valence-electron chi connectivity index (χ1n) is 7.73. The lowest BCUT2D eigenvalue weighted by Crippen LogP contribution is -2.29. The number of ether oxygens (including phenoxy) is 4. The molecule has 0 aromatic carbocycles. The Kier molecular flexibility index (Phi) is 16.2. The minimum atomic E-state index is -0.375. The van der Waals surface area contributed by atoms with Gasteiger partial charge in [0.2, 0.25) is 11.8 Å². The maximum atomic E-state index is 11.1. The number of hydrogen-bond acceptors (Lipinski definition) is 7. The van der Waals surface area contributed by atoms with Crippen molar-refractivity contribution in [2.24, 2.45) is 11.5 Å². The lowest BCUT2D eigenvalue weighted by atomic mass is 10.4. The van der Waals surface area contributed by atoms with Crippen LogP contribution in [0.15, 0.2) is 0 Å². The van der Waals surface area contributed by atoms with Crippen LogP contribution in [0.3, 0.4) is 0 Å². The molecule has 0 unspecified atom stereocenters. The van der Waals surface area contributed by atoms with Gasteiger partial charge in [0.25, 0.3) is 0 Å². The molecular formula is C14H29N3O6. The summed E-state index contributed by atoms with van der Waals surface area (Å²) in [6.07, 6.45) is 0.555. The van der Waals surface area contributed by atoms with Crippen LogP contribution < -0.4 is 16.8 Å². The molecule has 2 amide bonds. The van der Waals surface area contributed by atoms with Crippen LogP contribution in [0.2, 0.25) is 0 Å². The summed E-state index contributed by atoms with van der Waals surface area (Å²) in [6, 6.07) is 0. The summed E-state index contributed by atoms with van der Waals surface area (Å²) in [4.78, 5) is 21.5. The Bertz CT molecular complexity index is 304. The molecule has 5 N–H and O–H groups in total. The molecule has 23 heavy (non-hydrogen) atoms. The molecule has 0 saturated carbocycles. The van der Waals surface area contributed by atoms with Gasteiger partial charge in [-0.2, -0.15) is 0 Å². The standard InChI is InChI=1S/C14H29N3O6/c15-3-1-14(19)17-4-6-21-8-10-23-12-11-22-9-7-20-5-2-13(16)18/h1-12,15H2,(H2,16,18)(H,17,19). The average molecular weight is 335 g/mol. The second-order valence-electron chi connectivity index (χ2n) is 4.55. The summed E-state index contributed by atoms with van der Waals surface area (Å²) in [5, 5.41) is 2.69. The Morgan fingerprint density at radius 2 is 1.22 bits per heavy atom. The molecule has 0 bridgehead atoms. The number of amides is 2. The van der Waals surface area contributed by atoms with Crippen molar-refractivity contribution in [3.05, 3.63) is 0 Å². The van der Waals surface area contributed by atoms with Gasteiger partial charge in [-0.1, -0.05) is 0 Å². The monoisotopic (exact) mass is 335 g/mol. The number of hydrogen-bond donors (Lipinski definition) is 3. The van der Waals surface area contributed by atoms with Gasteiger partial charge in [-0.05, 0) is 0 Å². The Morgan fingerprint density at radius 1 is 0.739 bits per heavy atom. The normalized spacial score (nSPS) is 10.7. The van der Waals surface area contributed by atoms with Crippen molar-refractivity contribution < 1.29 is 28.5 Å². The molecule has 0 aliphatic rings. The van der Waals surface area contributed by atoms with Crippen LogP contribution in [0.1, 0.15) is 12.8 Å². The molecule has 0 aliphatic carbocycles. The van der Waals surface area contributed by atoms with E-state index < -0.39 is 0 Å². The molecule has 0 atom stereocenters. The average Bonchev–Trinajstić information content (AvgIpc) is 2.51. The Labute approximate surface area is 136 Å². The molecule has 9 heteroatoms. The van der Waals surface area contributed by atoms with Gasteiger partial charge in [0.15, 0.2) is 0 Å². The Hall–Kier alpha value is -1.26. The van der Waals surface area contributed by atoms with Crippen molar-refractivity contribution in [1.82, 2.24) is 5.32 Å². The highest BCUT2D eigenvalue weighted by atomic mass is 16.6. The van der Waals surface area contributed by atoms with Gasteiger partial charge in [-0.25, -0.2) is 0 Å². The number of primary amides is 1. The van der Waals surface area contributed by atoms with E-state index in [1.54, 1.807) is 0 Å². The lowest BCUT2D eigenvalue weighted by molar-refractivity contribution is -0.121. The number of nitrogens with one attached hydrogen (secondary N) is 1. The van der Waals surface area contributed by atoms with E-state index in [4.69, 9.17) is 30.4 Å². The van der Waals surface area contributed by atoms with Gasteiger partial charge in [0.05, 0.1) is 52.9 Å². The van der Waals surface area contributed by atoms with Gasteiger partial charge in [-0.3, -0.25) is 9.59 Å². The van der Waals surface area contributed by atoms with E-state index in [1.165, 1.54) is 0 Å². The molecule has 0 radical (unpaired) electrons. The molecule has 0 aliphatic heterocycles. The van der Waals surface area contributed by atoms with Gasteiger partial charge < -0.3 is 35.7 Å². The van der Waals surface area contributed by atoms with Gasteiger partial charge in [0, 0.05) is 25.9 Å². The summed E-state index contributed by atoms with van der Waals surface area (Å²) in [5.74, 6) is -0.442. The second kappa shape index (κ2) is 17.1. The maximum absolute atomic E-state index is 11.1. The van der Waals surface area contributed by atoms with E-state index in [0.717, 1.165) is 0 Å². The third-order valence-electron chi connectivity index (χ3n) is 2.55. The molecule has 0 fully saturated rings. The molecule has 0 heterocycles. The van der Waals surface area contributed by atoms with Crippen molar-refractivity contribution >= 4 is 11.8 Å². The predicted octanol–water partition coefficient (Wildman–Crippen LogP) is -1.61. The van der Waals surface area contributed by atoms with Crippen molar-refractivity contribution in [3.63, 3.8) is 0 Å². The fourth-order valence-corrected chi connectivity index (χ4v) is 1.42. The van der Waals surface area contributed by atoms with Crippen LogP contribution in [0.25, 0.3) is 0 Å². The summed E-state index contributed by atoms with van der Waals surface area (Å²) in [5.41, 5.74) is 10.2. The van der Waals surface area contributed by atoms with Gasteiger partial charge in [-0.15, -0.1) is 0 Å². The zero-order valence-corrected chi connectivity index (χ0v) is 13.6. The zero-order valence-electron chi connectivity index (χ0n) is 13.6. The van der Waals surface area contributed by atoms with Crippen LogP contribution in [-0.2, 0) is 28.5 Å². The number of carbonyl (C=O) groups is 2. The molecule has 0 aromatic heterocycles. The van der Waals surface area contributed by atoms with Gasteiger partial charge in [0.1, 0.15) is 0 Å². The second-order valence-corrected chi connectivity index (χ2v) is 4.55. The molecule has 0 saturated heterocycles. The summed E-state index contributed by atoms with van der Waals surface area (Å²) >= 11 is 0. The van der Waals surface area contributed by atoms with Crippen molar-refractivity contribution in [3.8, 4) is 0 Å². The van der Waals surface area contributed by atoms with Crippen molar-refractivity contribution in [2.45, 2.75) is 12.8 Å². The van der Waals surface area contributed by atoms with Crippen molar-refractivity contribution in [1.29, 1.82) is 0 Å². The van der Waals surface area contributed by atoms with E-state index in [1.807, 2.05) is 0 Å². The minimum Gasteiger partial charge on any atom is -0.379 e. The van der Waals surface area contributed by atoms with Crippen LogP contribution >= 0.6 is 0 Å². The topological polar surface area (TPSA) is 135 Å². The highest BCUT2D eigenvalue weighted by Gasteiger charge is 1.98. The largest absolute Gasteiger partial charge is 0.379 e. The van der Waals surface area contributed by atoms with Crippen LogP contribution in [0, 0.1) is 0 Å². The molecule has 9 nitrogen and oxygen atoms in total. The fourth-order valence-electron chi connectivity index (χ4n) is 1.42. The Morgan fingerprint density at radius 3 is 1.70 bits per heavy atom.